The number of H-pyrrole nitrogens is 1. The summed E-state index contributed by atoms with van der Waals surface area (Å²) in [6, 6.07) is 7.73. The van der Waals surface area contributed by atoms with E-state index in [-0.39, 0.29) is 5.56 Å². The van der Waals surface area contributed by atoms with Gasteiger partial charge in [0.2, 0.25) is 0 Å². The van der Waals surface area contributed by atoms with E-state index in [0.29, 0.717) is 12.4 Å². The Hall–Kier alpha value is -2.10. The molecule has 1 heterocycles. The minimum Gasteiger partial charge on any atom is -0.494 e. The molecule has 0 spiro atoms. The molecular formula is C17H20N2O2. The normalized spacial score (nSPS) is 13.8. The highest BCUT2D eigenvalue weighted by Crippen LogP contribution is 2.22. The molecule has 110 valence electrons. The molecule has 4 heteroatoms. The van der Waals surface area contributed by atoms with Crippen LogP contribution in [0, 0.1) is 0 Å². The van der Waals surface area contributed by atoms with Crippen LogP contribution in [-0.4, -0.2) is 16.6 Å². The highest BCUT2D eigenvalue weighted by molar-refractivity contribution is 5.56. The van der Waals surface area contributed by atoms with Crippen molar-refractivity contribution in [3.8, 4) is 17.1 Å². The number of rotatable bonds is 4. The highest BCUT2D eigenvalue weighted by Gasteiger charge is 2.16. The molecule has 3 rings (SSSR count). The average molecular weight is 284 g/mol. The summed E-state index contributed by atoms with van der Waals surface area (Å²) in [6.45, 7) is 2.80. The van der Waals surface area contributed by atoms with Crippen molar-refractivity contribution in [1.82, 2.24) is 9.97 Å². The van der Waals surface area contributed by atoms with Crippen LogP contribution in [0.15, 0.2) is 29.1 Å². The Balaban J connectivity index is 1.90. The predicted molar refractivity (Wildman–Crippen MR) is 82.7 cm³/mol. The maximum absolute atomic E-state index is 12.1. The van der Waals surface area contributed by atoms with Crippen molar-refractivity contribution in [2.75, 3.05) is 6.61 Å². The lowest BCUT2D eigenvalue weighted by atomic mass is 9.97. The lowest BCUT2D eigenvalue weighted by Crippen LogP contribution is -2.21. The molecular weight excluding hydrogens is 264 g/mol. The molecule has 0 aliphatic heterocycles. The fourth-order valence-corrected chi connectivity index (χ4v) is 2.67. The number of nitrogens with one attached hydrogen (secondary N) is 1. The van der Waals surface area contributed by atoms with Crippen LogP contribution in [0.2, 0.25) is 0 Å². The first kappa shape index (κ1) is 13.9. The second-order valence-electron chi connectivity index (χ2n) is 5.42. The van der Waals surface area contributed by atoms with E-state index >= 15 is 0 Å². The molecule has 0 fully saturated rings. The van der Waals surface area contributed by atoms with Crippen molar-refractivity contribution in [2.45, 2.75) is 39.0 Å². The molecule has 1 aromatic carbocycles. The average Bonchev–Trinajstić information content (AvgIpc) is 2.53. The number of benzene rings is 1. The summed E-state index contributed by atoms with van der Waals surface area (Å²) >= 11 is 0. The standard InChI is InChI=1S/C17H20N2O2/c1-2-11-21-13-9-7-12(8-10-13)16-18-15-6-4-3-5-14(15)17(20)19-16/h7-10H,2-6,11H2,1H3,(H,18,19,20). The van der Waals surface area contributed by atoms with Crippen molar-refractivity contribution in [2.24, 2.45) is 0 Å². The van der Waals surface area contributed by atoms with E-state index in [1.165, 1.54) is 0 Å². The van der Waals surface area contributed by atoms with Gasteiger partial charge in [-0.1, -0.05) is 6.92 Å². The van der Waals surface area contributed by atoms with Gasteiger partial charge in [0.25, 0.3) is 5.56 Å². The number of aryl methyl sites for hydroxylation is 1. The highest BCUT2D eigenvalue weighted by atomic mass is 16.5. The minimum atomic E-state index is 0.0148. The summed E-state index contributed by atoms with van der Waals surface area (Å²) < 4.78 is 5.57. The first-order chi connectivity index (χ1) is 10.3. The van der Waals surface area contributed by atoms with Crippen LogP contribution in [0.5, 0.6) is 5.75 Å². The van der Waals surface area contributed by atoms with Crippen molar-refractivity contribution in [3.05, 3.63) is 45.9 Å². The van der Waals surface area contributed by atoms with Gasteiger partial charge in [-0.15, -0.1) is 0 Å². The zero-order valence-electron chi connectivity index (χ0n) is 12.3. The maximum Gasteiger partial charge on any atom is 0.254 e. The topological polar surface area (TPSA) is 55.0 Å². The molecule has 21 heavy (non-hydrogen) atoms. The Morgan fingerprint density at radius 1 is 1.19 bits per heavy atom. The van der Waals surface area contributed by atoms with Gasteiger partial charge in [0.05, 0.1) is 12.3 Å². The van der Waals surface area contributed by atoms with Crippen LogP contribution < -0.4 is 10.3 Å². The number of nitrogens with zero attached hydrogens (tertiary/aromatic N) is 1. The second kappa shape index (κ2) is 6.12. The third-order valence-electron chi connectivity index (χ3n) is 3.79. The number of hydrogen-bond acceptors (Lipinski definition) is 3. The molecule has 0 saturated carbocycles. The smallest absolute Gasteiger partial charge is 0.254 e. The lowest BCUT2D eigenvalue weighted by Gasteiger charge is -2.14. The molecule has 1 aliphatic rings. The Bertz CT molecular complexity index is 674. The van der Waals surface area contributed by atoms with E-state index in [1.807, 2.05) is 24.3 Å². The van der Waals surface area contributed by atoms with Gasteiger partial charge >= 0.3 is 0 Å². The van der Waals surface area contributed by atoms with E-state index in [2.05, 4.69) is 16.9 Å². The van der Waals surface area contributed by atoms with Gasteiger partial charge in [-0.3, -0.25) is 4.79 Å². The molecule has 0 saturated heterocycles. The number of aromatic nitrogens is 2. The van der Waals surface area contributed by atoms with Gasteiger partial charge < -0.3 is 9.72 Å². The fourth-order valence-electron chi connectivity index (χ4n) is 2.67. The first-order valence-corrected chi connectivity index (χ1v) is 7.63. The quantitative estimate of drug-likeness (QED) is 0.938. The Labute approximate surface area is 124 Å². The molecule has 1 aromatic heterocycles. The second-order valence-corrected chi connectivity index (χ2v) is 5.42. The van der Waals surface area contributed by atoms with Crippen LogP contribution in [-0.2, 0) is 12.8 Å². The fraction of sp³-hybridized carbons (Fsp3) is 0.412. The summed E-state index contributed by atoms with van der Waals surface area (Å²) in [5, 5.41) is 0. The number of ether oxygens (including phenoxy) is 1. The number of fused-ring (bicyclic) bond motifs is 1. The Morgan fingerprint density at radius 2 is 1.95 bits per heavy atom. The Kier molecular flexibility index (Phi) is 4.04. The van der Waals surface area contributed by atoms with E-state index in [1.54, 1.807) is 0 Å². The van der Waals surface area contributed by atoms with Gasteiger partial charge in [-0.25, -0.2) is 4.98 Å². The lowest BCUT2D eigenvalue weighted by molar-refractivity contribution is 0.317. The third kappa shape index (κ3) is 2.99. The van der Waals surface area contributed by atoms with E-state index in [0.717, 1.165) is 54.7 Å². The monoisotopic (exact) mass is 284 g/mol. The zero-order valence-corrected chi connectivity index (χ0v) is 12.3. The van der Waals surface area contributed by atoms with Crippen molar-refractivity contribution in [3.63, 3.8) is 0 Å². The van der Waals surface area contributed by atoms with Crippen LogP contribution in [0.1, 0.15) is 37.4 Å². The summed E-state index contributed by atoms with van der Waals surface area (Å²) in [4.78, 5) is 19.7. The van der Waals surface area contributed by atoms with Crippen LogP contribution in [0.4, 0.5) is 0 Å². The summed E-state index contributed by atoms with van der Waals surface area (Å²) in [6.07, 6.45) is 4.94. The molecule has 0 radical (unpaired) electrons. The molecule has 0 unspecified atom stereocenters. The van der Waals surface area contributed by atoms with Gasteiger partial charge in [0, 0.05) is 11.1 Å². The number of hydrogen-bond donors (Lipinski definition) is 1. The zero-order chi connectivity index (χ0) is 14.7. The Morgan fingerprint density at radius 3 is 2.71 bits per heavy atom. The SMILES string of the molecule is CCCOc1ccc(-c2nc3c(c(=O)[nH]2)CCCC3)cc1. The van der Waals surface area contributed by atoms with E-state index < -0.39 is 0 Å². The molecule has 0 atom stereocenters. The van der Waals surface area contributed by atoms with Gasteiger partial charge in [-0.05, 0) is 56.4 Å². The molecule has 0 amide bonds. The van der Waals surface area contributed by atoms with Crippen LogP contribution in [0.3, 0.4) is 0 Å². The van der Waals surface area contributed by atoms with E-state index in [9.17, 15) is 4.79 Å². The maximum atomic E-state index is 12.1. The van der Waals surface area contributed by atoms with Crippen LogP contribution in [0.25, 0.3) is 11.4 Å². The number of aromatic amines is 1. The first-order valence-electron chi connectivity index (χ1n) is 7.63. The molecule has 4 nitrogen and oxygen atoms in total. The summed E-state index contributed by atoms with van der Waals surface area (Å²) in [5.74, 6) is 1.50. The van der Waals surface area contributed by atoms with E-state index in [4.69, 9.17) is 4.74 Å². The van der Waals surface area contributed by atoms with Gasteiger partial charge in [0.15, 0.2) is 0 Å². The summed E-state index contributed by atoms with van der Waals surface area (Å²) in [5.41, 5.74) is 2.77. The molecule has 2 aromatic rings. The van der Waals surface area contributed by atoms with Crippen LogP contribution >= 0.6 is 0 Å². The molecule has 1 N–H and O–H groups in total. The third-order valence-corrected chi connectivity index (χ3v) is 3.79. The predicted octanol–water partition coefficient (Wildman–Crippen LogP) is 3.10. The minimum absolute atomic E-state index is 0.0148. The van der Waals surface area contributed by atoms with Gasteiger partial charge in [0.1, 0.15) is 11.6 Å². The molecule has 0 bridgehead atoms. The summed E-state index contributed by atoms with van der Waals surface area (Å²) in [7, 11) is 0. The van der Waals surface area contributed by atoms with Crippen molar-refractivity contribution >= 4 is 0 Å². The largest absolute Gasteiger partial charge is 0.494 e. The van der Waals surface area contributed by atoms with Crippen molar-refractivity contribution in [1.29, 1.82) is 0 Å². The van der Waals surface area contributed by atoms with Gasteiger partial charge in [-0.2, -0.15) is 0 Å². The van der Waals surface area contributed by atoms with Crippen molar-refractivity contribution < 1.29 is 4.74 Å². The molecule has 1 aliphatic carbocycles.